The summed E-state index contributed by atoms with van der Waals surface area (Å²) in [5.41, 5.74) is 0.529. The largest absolute Gasteiger partial charge is 0.478 e. The van der Waals surface area contributed by atoms with Gasteiger partial charge in [0.15, 0.2) is 0 Å². The maximum absolute atomic E-state index is 10.6. The van der Waals surface area contributed by atoms with Crippen LogP contribution in [0.25, 0.3) is 0 Å². The van der Waals surface area contributed by atoms with Gasteiger partial charge in [0, 0.05) is 5.25 Å². The van der Waals surface area contributed by atoms with Crippen molar-refractivity contribution in [3.05, 3.63) is 9.39 Å². The van der Waals surface area contributed by atoms with Crippen molar-refractivity contribution < 1.29 is 9.90 Å². The van der Waals surface area contributed by atoms with E-state index in [0.717, 1.165) is 10.2 Å². The van der Waals surface area contributed by atoms with Crippen LogP contribution in [0, 0.1) is 0 Å². The van der Waals surface area contributed by atoms with Crippen LogP contribution in [0.4, 0.5) is 0 Å². The van der Waals surface area contributed by atoms with E-state index in [1.807, 2.05) is 0 Å². The molecule has 0 aromatic rings. The van der Waals surface area contributed by atoms with E-state index in [-0.39, 0.29) is 0 Å². The summed E-state index contributed by atoms with van der Waals surface area (Å²) in [5.74, 6) is -0.791. The van der Waals surface area contributed by atoms with Gasteiger partial charge in [-0.1, -0.05) is 6.92 Å². The lowest BCUT2D eigenvalue weighted by atomic mass is 10.1. The van der Waals surface area contributed by atoms with Crippen molar-refractivity contribution in [1.82, 2.24) is 0 Å². The van der Waals surface area contributed by atoms with Gasteiger partial charge in [-0.05, 0) is 28.8 Å². The fourth-order valence-corrected chi connectivity index (χ4v) is 3.11. The number of aliphatic carboxylic acids is 1. The van der Waals surface area contributed by atoms with E-state index in [1.165, 1.54) is 0 Å². The predicted molar refractivity (Wildman–Crippen MR) is 49.9 cm³/mol. The van der Waals surface area contributed by atoms with Gasteiger partial charge in [-0.2, -0.15) is 0 Å². The average molecular weight is 237 g/mol. The van der Waals surface area contributed by atoms with E-state index < -0.39 is 5.97 Å². The molecule has 1 aliphatic rings. The zero-order valence-corrected chi connectivity index (χ0v) is 8.54. The second kappa shape index (κ2) is 3.63. The maximum Gasteiger partial charge on any atom is 0.333 e. The molecule has 1 atom stereocenters. The highest BCUT2D eigenvalue weighted by atomic mass is 79.9. The Morgan fingerprint density at radius 2 is 2.55 bits per heavy atom. The van der Waals surface area contributed by atoms with Gasteiger partial charge in [0.2, 0.25) is 0 Å². The lowest BCUT2D eigenvalue weighted by Gasteiger charge is -2.01. The lowest BCUT2D eigenvalue weighted by molar-refractivity contribution is -0.132. The number of rotatable bonds is 2. The third-order valence-corrected chi connectivity index (χ3v) is 3.98. The Hall–Kier alpha value is 0.0400. The van der Waals surface area contributed by atoms with Gasteiger partial charge in [-0.3, -0.25) is 0 Å². The first-order chi connectivity index (χ1) is 5.15. The molecule has 0 amide bonds. The Morgan fingerprint density at radius 1 is 1.91 bits per heavy atom. The standard InChI is InChI=1S/C7H9BrO2S/c1-2-4-3-5(7(9)10)6(8)11-4/h4H,2-3H2,1H3,(H,9,10). The zero-order chi connectivity index (χ0) is 8.43. The summed E-state index contributed by atoms with van der Waals surface area (Å²) in [6.07, 6.45) is 1.72. The first-order valence-corrected chi connectivity index (χ1v) is 5.11. The van der Waals surface area contributed by atoms with E-state index in [0.29, 0.717) is 17.2 Å². The molecule has 1 aliphatic heterocycles. The van der Waals surface area contributed by atoms with Gasteiger partial charge in [0.05, 0.1) is 9.39 Å². The third kappa shape index (κ3) is 1.99. The number of halogens is 1. The van der Waals surface area contributed by atoms with Crippen LogP contribution in [-0.4, -0.2) is 16.3 Å². The van der Waals surface area contributed by atoms with Crippen molar-refractivity contribution in [2.24, 2.45) is 0 Å². The molecule has 1 unspecified atom stereocenters. The first-order valence-electron chi connectivity index (χ1n) is 3.43. The first kappa shape index (κ1) is 9.13. The molecule has 2 nitrogen and oxygen atoms in total. The zero-order valence-electron chi connectivity index (χ0n) is 6.13. The van der Waals surface area contributed by atoms with Crippen LogP contribution in [0.1, 0.15) is 19.8 Å². The normalized spacial score (nSPS) is 24.4. The number of thioether (sulfide) groups is 1. The molecule has 0 aromatic carbocycles. The van der Waals surface area contributed by atoms with Gasteiger partial charge < -0.3 is 5.11 Å². The van der Waals surface area contributed by atoms with Gasteiger partial charge in [0.1, 0.15) is 0 Å². The summed E-state index contributed by atoms with van der Waals surface area (Å²) in [5, 5.41) is 9.15. The summed E-state index contributed by atoms with van der Waals surface area (Å²) in [6, 6.07) is 0. The molecule has 62 valence electrons. The molecule has 0 saturated heterocycles. The summed E-state index contributed by atoms with van der Waals surface area (Å²) in [4.78, 5) is 10.6. The molecule has 1 N–H and O–H groups in total. The molecule has 0 aromatic heterocycles. The van der Waals surface area contributed by atoms with Crippen LogP contribution in [0.2, 0.25) is 0 Å². The van der Waals surface area contributed by atoms with Crippen LogP contribution in [0.15, 0.2) is 9.39 Å². The Bertz CT molecular complexity index is 212. The molecular formula is C7H9BrO2S. The Labute approximate surface area is 78.2 Å². The summed E-state index contributed by atoms with van der Waals surface area (Å²) in [7, 11) is 0. The third-order valence-electron chi connectivity index (χ3n) is 1.65. The fraction of sp³-hybridized carbons (Fsp3) is 0.571. The average Bonchev–Trinajstić information content (AvgIpc) is 2.30. The molecule has 11 heavy (non-hydrogen) atoms. The van der Waals surface area contributed by atoms with Crippen LogP contribution in [0.5, 0.6) is 0 Å². The Balaban J connectivity index is 2.67. The second-order valence-electron chi connectivity index (χ2n) is 2.41. The van der Waals surface area contributed by atoms with Crippen molar-refractivity contribution in [3.8, 4) is 0 Å². The Morgan fingerprint density at radius 3 is 2.82 bits per heavy atom. The molecule has 0 spiro atoms. The fourth-order valence-electron chi connectivity index (χ4n) is 0.966. The van der Waals surface area contributed by atoms with Crippen LogP contribution >= 0.6 is 27.7 Å². The van der Waals surface area contributed by atoms with E-state index in [4.69, 9.17) is 5.11 Å². The minimum absolute atomic E-state index is 0.454. The van der Waals surface area contributed by atoms with Crippen molar-refractivity contribution >= 4 is 33.7 Å². The Kier molecular flexibility index (Phi) is 3.01. The van der Waals surface area contributed by atoms with Crippen LogP contribution in [0.3, 0.4) is 0 Å². The summed E-state index contributed by atoms with van der Waals surface area (Å²) >= 11 is 4.87. The van der Waals surface area contributed by atoms with Crippen LogP contribution < -0.4 is 0 Å². The molecule has 0 aliphatic carbocycles. The molecule has 0 saturated carbocycles. The van der Waals surface area contributed by atoms with Crippen molar-refractivity contribution in [1.29, 1.82) is 0 Å². The van der Waals surface area contributed by atoms with Gasteiger partial charge >= 0.3 is 5.97 Å². The van der Waals surface area contributed by atoms with E-state index in [2.05, 4.69) is 22.9 Å². The maximum atomic E-state index is 10.6. The monoisotopic (exact) mass is 236 g/mol. The minimum Gasteiger partial charge on any atom is -0.478 e. The highest BCUT2D eigenvalue weighted by Gasteiger charge is 2.26. The quantitative estimate of drug-likeness (QED) is 0.801. The number of carbonyl (C=O) groups is 1. The number of hydrogen-bond donors (Lipinski definition) is 1. The van der Waals surface area contributed by atoms with Crippen LogP contribution in [-0.2, 0) is 4.79 Å². The van der Waals surface area contributed by atoms with Gasteiger partial charge in [0.25, 0.3) is 0 Å². The highest BCUT2D eigenvalue weighted by molar-refractivity contribution is 9.14. The molecule has 0 radical (unpaired) electrons. The summed E-state index contributed by atoms with van der Waals surface area (Å²) < 4.78 is 0.803. The molecule has 4 heteroatoms. The molecular weight excluding hydrogens is 228 g/mol. The van der Waals surface area contributed by atoms with Gasteiger partial charge in [-0.15, -0.1) is 11.8 Å². The molecule has 0 fully saturated rings. The highest BCUT2D eigenvalue weighted by Crippen LogP contribution is 2.42. The van der Waals surface area contributed by atoms with Gasteiger partial charge in [-0.25, -0.2) is 4.79 Å². The van der Waals surface area contributed by atoms with E-state index in [1.54, 1.807) is 11.8 Å². The molecule has 1 rings (SSSR count). The lowest BCUT2D eigenvalue weighted by Crippen LogP contribution is -2.02. The minimum atomic E-state index is -0.791. The van der Waals surface area contributed by atoms with E-state index in [9.17, 15) is 4.79 Å². The van der Waals surface area contributed by atoms with E-state index >= 15 is 0 Å². The van der Waals surface area contributed by atoms with Crippen molar-refractivity contribution in [3.63, 3.8) is 0 Å². The number of carboxylic acids is 1. The topological polar surface area (TPSA) is 37.3 Å². The number of carboxylic acid groups (broad SMARTS) is 1. The smallest absolute Gasteiger partial charge is 0.333 e. The number of hydrogen-bond acceptors (Lipinski definition) is 2. The van der Waals surface area contributed by atoms with Crippen molar-refractivity contribution in [2.45, 2.75) is 25.0 Å². The second-order valence-corrected chi connectivity index (χ2v) is 5.04. The summed E-state index contributed by atoms with van der Waals surface area (Å²) in [6.45, 7) is 2.07. The molecule has 0 bridgehead atoms. The SMILES string of the molecule is CCC1CC(C(=O)O)=C(Br)S1. The predicted octanol–water partition coefficient (Wildman–Crippen LogP) is 2.59. The molecule has 1 heterocycles. The van der Waals surface area contributed by atoms with Crippen molar-refractivity contribution in [2.75, 3.05) is 0 Å².